The summed E-state index contributed by atoms with van der Waals surface area (Å²) in [5, 5.41) is 13.7. The summed E-state index contributed by atoms with van der Waals surface area (Å²) in [6.45, 7) is 1.40. The molecule has 0 aliphatic carbocycles. The van der Waals surface area contributed by atoms with Crippen LogP contribution in [0.2, 0.25) is 0 Å². The molecule has 31 heavy (non-hydrogen) atoms. The molecule has 4 aromatic rings. The molecule has 0 aliphatic heterocycles. The van der Waals surface area contributed by atoms with Crippen molar-refractivity contribution in [2.75, 3.05) is 6.61 Å². The van der Waals surface area contributed by atoms with Crippen molar-refractivity contribution in [3.05, 3.63) is 59.0 Å². The average molecular weight is 430 g/mol. The molecule has 4 rings (SSSR count). The van der Waals surface area contributed by atoms with E-state index in [4.69, 9.17) is 0 Å². The van der Waals surface area contributed by atoms with E-state index in [1.807, 2.05) is 0 Å². The maximum Gasteiger partial charge on any atom is 0.417 e. The number of halogens is 3. The molecule has 0 saturated carbocycles. The first-order valence-electron chi connectivity index (χ1n) is 9.24. The van der Waals surface area contributed by atoms with E-state index in [0.29, 0.717) is 16.8 Å². The second kappa shape index (κ2) is 7.58. The van der Waals surface area contributed by atoms with Gasteiger partial charge in [-0.05, 0) is 25.1 Å². The van der Waals surface area contributed by atoms with Crippen molar-refractivity contribution < 1.29 is 18.3 Å². The normalized spacial score (nSPS) is 13.0. The van der Waals surface area contributed by atoms with Crippen molar-refractivity contribution in [2.45, 2.75) is 19.1 Å². The second-order valence-electron chi connectivity index (χ2n) is 7.07. The summed E-state index contributed by atoms with van der Waals surface area (Å²) >= 11 is 0. The number of aromatic nitrogens is 6. The lowest BCUT2D eigenvalue weighted by molar-refractivity contribution is -0.137. The van der Waals surface area contributed by atoms with Crippen LogP contribution in [0.3, 0.4) is 0 Å². The summed E-state index contributed by atoms with van der Waals surface area (Å²) in [6.07, 6.45) is 0.787. The number of pyridine rings is 2. The van der Waals surface area contributed by atoms with Gasteiger partial charge < -0.3 is 5.11 Å². The first kappa shape index (κ1) is 20.7. The largest absolute Gasteiger partial charge is 0.417 e. The maximum atomic E-state index is 13.1. The van der Waals surface area contributed by atoms with E-state index in [-0.39, 0.29) is 23.4 Å². The smallest absolute Gasteiger partial charge is 0.394 e. The Balaban J connectivity index is 1.97. The summed E-state index contributed by atoms with van der Waals surface area (Å²) in [4.78, 5) is 25.9. The molecule has 1 N–H and O–H groups in total. The lowest BCUT2D eigenvalue weighted by Crippen LogP contribution is -2.25. The van der Waals surface area contributed by atoms with Crippen molar-refractivity contribution in [1.82, 2.24) is 29.3 Å². The van der Waals surface area contributed by atoms with Gasteiger partial charge in [-0.15, -0.1) is 0 Å². The van der Waals surface area contributed by atoms with E-state index in [2.05, 4.69) is 20.1 Å². The van der Waals surface area contributed by atoms with Gasteiger partial charge >= 0.3 is 6.18 Å². The Morgan fingerprint density at radius 3 is 2.52 bits per heavy atom. The van der Waals surface area contributed by atoms with Crippen LogP contribution in [0.5, 0.6) is 0 Å². The molecule has 0 radical (unpaired) electrons. The van der Waals surface area contributed by atoms with Crippen LogP contribution in [0.1, 0.15) is 18.5 Å². The van der Waals surface area contributed by atoms with Gasteiger partial charge in [0, 0.05) is 25.0 Å². The summed E-state index contributed by atoms with van der Waals surface area (Å²) in [6, 6.07) is 3.05. The Labute approximate surface area is 173 Å². The third kappa shape index (κ3) is 3.79. The van der Waals surface area contributed by atoms with Gasteiger partial charge in [0.1, 0.15) is 11.2 Å². The zero-order valence-corrected chi connectivity index (χ0v) is 16.5. The molecule has 4 heterocycles. The molecular formula is C20H17F3N6O2. The van der Waals surface area contributed by atoms with Crippen LogP contribution in [0.25, 0.3) is 33.5 Å². The van der Waals surface area contributed by atoms with Crippen LogP contribution in [0, 0.1) is 0 Å². The van der Waals surface area contributed by atoms with Gasteiger partial charge in [-0.25, -0.2) is 9.97 Å². The van der Waals surface area contributed by atoms with Gasteiger partial charge in [0.25, 0.3) is 5.56 Å². The zero-order valence-electron chi connectivity index (χ0n) is 16.5. The highest BCUT2D eigenvalue weighted by atomic mass is 19.4. The molecule has 1 unspecified atom stereocenters. The molecule has 0 aliphatic rings. The van der Waals surface area contributed by atoms with Gasteiger partial charge in [0.05, 0.1) is 47.5 Å². The average Bonchev–Trinajstić information content (AvgIpc) is 3.18. The van der Waals surface area contributed by atoms with Crippen LogP contribution in [0.15, 0.2) is 47.9 Å². The van der Waals surface area contributed by atoms with Crippen molar-refractivity contribution in [2.24, 2.45) is 7.05 Å². The van der Waals surface area contributed by atoms with E-state index >= 15 is 0 Å². The topological polar surface area (TPSA) is 98.7 Å². The fraction of sp³-hybridized carbons (Fsp3) is 0.250. The molecular weight excluding hydrogens is 413 g/mol. The number of nitrogens with zero attached hydrogens (tertiary/aromatic N) is 6. The van der Waals surface area contributed by atoms with E-state index in [0.717, 1.165) is 12.3 Å². The number of aliphatic hydroxyl groups is 1. The number of aliphatic hydroxyl groups excluding tert-OH is 1. The van der Waals surface area contributed by atoms with Crippen molar-refractivity contribution in [1.29, 1.82) is 0 Å². The molecule has 0 aromatic carbocycles. The Hall–Kier alpha value is -3.60. The molecule has 4 aromatic heterocycles. The Kier molecular flexibility index (Phi) is 5.05. The van der Waals surface area contributed by atoms with Crippen molar-refractivity contribution >= 4 is 10.9 Å². The van der Waals surface area contributed by atoms with Crippen LogP contribution in [-0.2, 0) is 13.2 Å². The fourth-order valence-electron chi connectivity index (χ4n) is 3.13. The van der Waals surface area contributed by atoms with Gasteiger partial charge in [-0.1, -0.05) is 0 Å². The monoisotopic (exact) mass is 430 g/mol. The third-order valence-corrected chi connectivity index (χ3v) is 4.84. The fourth-order valence-corrected chi connectivity index (χ4v) is 3.13. The molecule has 1 atom stereocenters. The van der Waals surface area contributed by atoms with Crippen molar-refractivity contribution in [3.8, 4) is 22.6 Å². The van der Waals surface area contributed by atoms with Crippen LogP contribution in [0.4, 0.5) is 13.2 Å². The molecule has 11 heteroatoms. The second-order valence-corrected chi connectivity index (χ2v) is 7.07. The van der Waals surface area contributed by atoms with Crippen LogP contribution >= 0.6 is 0 Å². The zero-order chi connectivity index (χ0) is 22.3. The first-order valence-corrected chi connectivity index (χ1v) is 9.24. The molecule has 0 saturated heterocycles. The van der Waals surface area contributed by atoms with Gasteiger partial charge in [0.2, 0.25) is 0 Å². The standard InChI is InChI=1S/C20H17F3N6O2/c1-11(9-30)29-10-25-18-14(19(29)31)5-16(27-17(18)12-6-26-28(2)8-12)15-4-3-13(7-24-15)20(21,22)23/h3-8,10-11,30H,9H2,1-2H3. The van der Waals surface area contributed by atoms with E-state index in [1.165, 1.54) is 23.0 Å². The third-order valence-electron chi connectivity index (χ3n) is 4.84. The predicted molar refractivity (Wildman–Crippen MR) is 106 cm³/mol. The lowest BCUT2D eigenvalue weighted by atomic mass is 10.1. The molecule has 8 nitrogen and oxygen atoms in total. The maximum absolute atomic E-state index is 13.1. The summed E-state index contributed by atoms with van der Waals surface area (Å²) < 4.78 is 41.5. The van der Waals surface area contributed by atoms with Crippen LogP contribution < -0.4 is 5.56 Å². The minimum Gasteiger partial charge on any atom is -0.394 e. The lowest BCUT2D eigenvalue weighted by Gasteiger charge is -2.14. The van der Waals surface area contributed by atoms with Gasteiger partial charge in [-0.2, -0.15) is 18.3 Å². The van der Waals surface area contributed by atoms with E-state index < -0.39 is 23.3 Å². The quantitative estimate of drug-likeness (QED) is 0.535. The number of hydrogen-bond donors (Lipinski definition) is 1. The summed E-state index contributed by atoms with van der Waals surface area (Å²) in [5.74, 6) is 0. The SMILES string of the molecule is CC(CO)n1cnc2c(-c3cnn(C)c3)nc(-c3ccc(C(F)(F)F)cn3)cc2c1=O. The summed E-state index contributed by atoms with van der Waals surface area (Å²) in [7, 11) is 1.72. The number of rotatable bonds is 4. The predicted octanol–water partition coefficient (Wildman–Crippen LogP) is 2.83. The minimum atomic E-state index is -4.51. The summed E-state index contributed by atoms with van der Waals surface area (Å²) in [5.41, 5.74) is 0.343. The molecule has 0 spiro atoms. The van der Waals surface area contributed by atoms with E-state index in [9.17, 15) is 23.1 Å². The molecule has 0 amide bonds. The number of hydrogen-bond acceptors (Lipinski definition) is 6. The highest BCUT2D eigenvalue weighted by Gasteiger charge is 2.30. The van der Waals surface area contributed by atoms with E-state index in [1.54, 1.807) is 31.0 Å². The van der Waals surface area contributed by atoms with Gasteiger partial charge in [-0.3, -0.25) is 19.0 Å². The minimum absolute atomic E-state index is 0.171. The van der Waals surface area contributed by atoms with Crippen molar-refractivity contribution in [3.63, 3.8) is 0 Å². The Morgan fingerprint density at radius 2 is 1.94 bits per heavy atom. The highest BCUT2D eigenvalue weighted by Crippen LogP contribution is 2.31. The van der Waals surface area contributed by atoms with Gasteiger partial charge in [0.15, 0.2) is 0 Å². The molecule has 0 bridgehead atoms. The Bertz CT molecular complexity index is 1310. The Morgan fingerprint density at radius 1 is 1.16 bits per heavy atom. The molecule has 160 valence electrons. The number of fused-ring (bicyclic) bond motifs is 1. The van der Waals surface area contributed by atoms with Crippen LogP contribution in [-0.4, -0.2) is 41.0 Å². The first-order chi connectivity index (χ1) is 14.7. The number of alkyl halides is 3. The highest BCUT2D eigenvalue weighted by molar-refractivity contribution is 5.93. The number of aryl methyl sites for hydroxylation is 1. The molecule has 0 fully saturated rings.